The Labute approximate surface area is 112 Å². The van der Waals surface area contributed by atoms with Crippen molar-refractivity contribution < 1.29 is 14.7 Å². The van der Waals surface area contributed by atoms with E-state index in [2.05, 4.69) is 0 Å². The Balaban J connectivity index is 2.99. The summed E-state index contributed by atoms with van der Waals surface area (Å²) in [7, 11) is 3.38. The predicted octanol–water partition coefficient (Wildman–Crippen LogP) is 0.881. The summed E-state index contributed by atoms with van der Waals surface area (Å²) in [5.74, 6) is -1.06. The van der Waals surface area contributed by atoms with Crippen molar-refractivity contribution in [3.63, 3.8) is 0 Å². The third-order valence-corrected chi connectivity index (χ3v) is 2.82. The van der Waals surface area contributed by atoms with E-state index < -0.39 is 5.97 Å². The second kappa shape index (κ2) is 6.08. The highest BCUT2D eigenvalue weighted by Crippen LogP contribution is 2.24. The maximum atomic E-state index is 11.7. The summed E-state index contributed by atoms with van der Waals surface area (Å²) in [5.41, 5.74) is 7.02. The fourth-order valence-corrected chi connectivity index (χ4v) is 1.65. The summed E-state index contributed by atoms with van der Waals surface area (Å²) in [6, 6.07) is 4.52. The van der Waals surface area contributed by atoms with Gasteiger partial charge >= 0.3 is 5.97 Å². The molecule has 1 rings (SSSR count). The molecule has 0 radical (unpaired) electrons. The van der Waals surface area contributed by atoms with Crippen LogP contribution >= 0.6 is 0 Å². The lowest BCUT2D eigenvalue weighted by Crippen LogP contribution is -2.36. The molecule has 3 N–H and O–H groups in total. The van der Waals surface area contributed by atoms with Gasteiger partial charge in [0.1, 0.15) is 0 Å². The van der Waals surface area contributed by atoms with E-state index in [1.54, 1.807) is 20.2 Å². The van der Waals surface area contributed by atoms with Gasteiger partial charge < -0.3 is 20.6 Å². The van der Waals surface area contributed by atoms with E-state index in [9.17, 15) is 9.59 Å². The lowest BCUT2D eigenvalue weighted by Gasteiger charge is -2.25. The molecule has 0 bridgehead atoms. The zero-order valence-corrected chi connectivity index (χ0v) is 11.4. The Bertz CT molecular complexity index is 486. The van der Waals surface area contributed by atoms with Gasteiger partial charge in [-0.05, 0) is 25.1 Å². The molecule has 0 atom stereocenters. The van der Waals surface area contributed by atoms with Crippen molar-refractivity contribution in [2.75, 3.05) is 37.8 Å². The second-order valence-electron chi connectivity index (χ2n) is 4.38. The number of carbonyl (C=O) groups excluding carboxylic acids is 1. The van der Waals surface area contributed by atoms with Crippen LogP contribution in [-0.2, 0) is 4.79 Å². The van der Waals surface area contributed by atoms with Crippen molar-refractivity contribution >= 4 is 23.3 Å². The van der Waals surface area contributed by atoms with Crippen LogP contribution in [0.3, 0.4) is 0 Å². The molecule has 0 fully saturated rings. The molecule has 0 aliphatic rings. The van der Waals surface area contributed by atoms with E-state index in [-0.39, 0.29) is 18.0 Å². The molecule has 19 heavy (non-hydrogen) atoms. The highest BCUT2D eigenvalue weighted by Gasteiger charge is 2.15. The maximum absolute atomic E-state index is 11.7. The Morgan fingerprint density at radius 1 is 1.32 bits per heavy atom. The number of carboxylic acid groups (broad SMARTS) is 1. The molecule has 0 unspecified atom stereocenters. The van der Waals surface area contributed by atoms with Gasteiger partial charge in [-0.25, -0.2) is 4.79 Å². The van der Waals surface area contributed by atoms with Crippen molar-refractivity contribution in [2.45, 2.75) is 6.92 Å². The monoisotopic (exact) mass is 265 g/mol. The minimum absolute atomic E-state index is 0.0384. The van der Waals surface area contributed by atoms with Crippen molar-refractivity contribution in [2.24, 2.45) is 0 Å². The molecule has 0 heterocycles. The number of nitrogen functional groups attached to an aromatic ring is 1. The first-order valence-electron chi connectivity index (χ1n) is 5.94. The van der Waals surface area contributed by atoms with Crippen molar-refractivity contribution in [1.29, 1.82) is 0 Å². The van der Waals surface area contributed by atoms with Crippen LogP contribution in [0.1, 0.15) is 17.3 Å². The molecule has 1 amide bonds. The van der Waals surface area contributed by atoms with E-state index in [1.165, 1.54) is 17.0 Å². The zero-order valence-electron chi connectivity index (χ0n) is 11.4. The van der Waals surface area contributed by atoms with Gasteiger partial charge in [-0.1, -0.05) is 0 Å². The number of hydrogen-bond acceptors (Lipinski definition) is 4. The number of nitrogens with zero attached hydrogens (tertiary/aromatic N) is 2. The van der Waals surface area contributed by atoms with Gasteiger partial charge in [0, 0.05) is 20.6 Å². The molecular formula is C13H19N3O3. The smallest absolute Gasteiger partial charge is 0.335 e. The summed E-state index contributed by atoms with van der Waals surface area (Å²) in [4.78, 5) is 25.9. The Kier molecular flexibility index (Phi) is 4.74. The number of likely N-dealkylation sites (N-methyl/N-ethyl adjacent to an activating group) is 2. The Hall–Kier alpha value is -2.24. The molecule has 104 valence electrons. The molecular weight excluding hydrogens is 246 g/mol. The first kappa shape index (κ1) is 14.8. The third-order valence-electron chi connectivity index (χ3n) is 2.82. The number of rotatable bonds is 5. The van der Waals surface area contributed by atoms with Gasteiger partial charge in [0.25, 0.3) is 0 Å². The standard InChI is InChI=1S/C13H19N3O3/c1-4-16(8-12(17)15(2)3)11-6-5-9(13(18)19)7-10(11)14/h5-7H,4,8,14H2,1-3H3,(H,18,19). The number of nitrogens with two attached hydrogens (primary N) is 1. The maximum Gasteiger partial charge on any atom is 0.335 e. The van der Waals surface area contributed by atoms with Crippen LogP contribution in [0.15, 0.2) is 18.2 Å². The molecule has 0 saturated carbocycles. The van der Waals surface area contributed by atoms with E-state index in [0.717, 1.165) is 0 Å². The largest absolute Gasteiger partial charge is 0.478 e. The summed E-state index contributed by atoms with van der Waals surface area (Å²) >= 11 is 0. The highest BCUT2D eigenvalue weighted by atomic mass is 16.4. The van der Waals surface area contributed by atoms with E-state index in [0.29, 0.717) is 17.9 Å². The van der Waals surface area contributed by atoms with E-state index >= 15 is 0 Å². The van der Waals surface area contributed by atoms with Gasteiger partial charge in [0.2, 0.25) is 5.91 Å². The fourth-order valence-electron chi connectivity index (χ4n) is 1.65. The molecule has 0 aromatic heterocycles. The first-order valence-corrected chi connectivity index (χ1v) is 5.94. The number of carboxylic acids is 1. The van der Waals surface area contributed by atoms with Crippen LogP contribution in [0.2, 0.25) is 0 Å². The lowest BCUT2D eigenvalue weighted by molar-refractivity contribution is -0.127. The lowest BCUT2D eigenvalue weighted by atomic mass is 10.1. The van der Waals surface area contributed by atoms with Crippen LogP contribution in [0.5, 0.6) is 0 Å². The van der Waals surface area contributed by atoms with Crippen LogP contribution < -0.4 is 10.6 Å². The van der Waals surface area contributed by atoms with Crippen molar-refractivity contribution in [3.05, 3.63) is 23.8 Å². The van der Waals surface area contributed by atoms with Gasteiger partial charge in [0.05, 0.1) is 23.5 Å². The van der Waals surface area contributed by atoms with E-state index in [4.69, 9.17) is 10.8 Å². The summed E-state index contributed by atoms with van der Waals surface area (Å²) < 4.78 is 0. The molecule has 6 heteroatoms. The van der Waals surface area contributed by atoms with Crippen LogP contribution in [0, 0.1) is 0 Å². The summed E-state index contributed by atoms with van der Waals surface area (Å²) in [6.45, 7) is 2.73. The highest BCUT2D eigenvalue weighted by molar-refractivity contribution is 5.91. The van der Waals surface area contributed by atoms with Gasteiger partial charge in [-0.2, -0.15) is 0 Å². The summed E-state index contributed by atoms with van der Waals surface area (Å²) in [5, 5.41) is 8.88. The third kappa shape index (κ3) is 3.61. The fraction of sp³-hybridized carbons (Fsp3) is 0.385. The zero-order chi connectivity index (χ0) is 14.6. The van der Waals surface area contributed by atoms with Crippen LogP contribution in [-0.4, -0.2) is 49.1 Å². The van der Waals surface area contributed by atoms with Gasteiger partial charge in [0.15, 0.2) is 0 Å². The SMILES string of the molecule is CCN(CC(=O)N(C)C)c1ccc(C(=O)O)cc1N. The number of carbonyl (C=O) groups is 2. The molecule has 0 aliphatic heterocycles. The second-order valence-corrected chi connectivity index (χ2v) is 4.38. The topological polar surface area (TPSA) is 86.9 Å². The average Bonchev–Trinajstić information content (AvgIpc) is 2.35. The molecule has 0 saturated heterocycles. The Morgan fingerprint density at radius 3 is 2.37 bits per heavy atom. The predicted molar refractivity (Wildman–Crippen MR) is 74.4 cm³/mol. The number of anilines is 2. The molecule has 0 spiro atoms. The molecule has 1 aromatic carbocycles. The summed E-state index contributed by atoms with van der Waals surface area (Å²) in [6.07, 6.45) is 0. The number of benzene rings is 1. The van der Waals surface area contributed by atoms with Crippen molar-refractivity contribution in [1.82, 2.24) is 4.90 Å². The number of aromatic carboxylic acids is 1. The first-order chi connectivity index (χ1) is 8.86. The number of hydrogen-bond donors (Lipinski definition) is 2. The van der Waals surface area contributed by atoms with Gasteiger partial charge in [-0.15, -0.1) is 0 Å². The Morgan fingerprint density at radius 2 is 1.95 bits per heavy atom. The minimum atomic E-state index is -1.02. The quantitative estimate of drug-likeness (QED) is 0.772. The molecule has 0 aliphatic carbocycles. The van der Waals surface area contributed by atoms with Crippen LogP contribution in [0.25, 0.3) is 0 Å². The van der Waals surface area contributed by atoms with Crippen LogP contribution in [0.4, 0.5) is 11.4 Å². The van der Waals surface area contributed by atoms with E-state index in [1.807, 2.05) is 11.8 Å². The minimum Gasteiger partial charge on any atom is -0.478 e. The van der Waals surface area contributed by atoms with Gasteiger partial charge in [-0.3, -0.25) is 4.79 Å². The normalized spacial score (nSPS) is 10.1. The molecule has 6 nitrogen and oxygen atoms in total. The number of amides is 1. The average molecular weight is 265 g/mol. The van der Waals surface area contributed by atoms with Crippen molar-refractivity contribution in [3.8, 4) is 0 Å². The molecule has 1 aromatic rings.